The van der Waals surface area contributed by atoms with Crippen molar-refractivity contribution in [2.45, 2.75) is 11.9 Å². The third-order valence-corrected chi connectivity index (χ3v) is 2.50. The quantitative estimate of drug-likeness (QED) is 0.540. The lowest BCUT2D eigenvalue weighted by atomic mass is 10.5. The molecule has 1 rings (SSSR count). The van der Waals surface area contributed by atoms with Crippen LogP contribution in [0.4, 0.5) is 8.78 Å². The highest BCUT2D eigenvalue weighted by molar-refractivity contribution is 8.12. The molecule has 0 aliphatic carbocycles. The van der Waals surface area contributed by atoms with Crippen LogP contribution in [0.2, 0.25) is 0 Å². The molecule has 0 aromatic carbocycles. The van der Waals surface area contributed by atoms with Crippen LogP contribution in [-0.4, -0.2) is 10.4 Å². The largest absolute Gasteiger partial charge is 0.278 e. The van der Waals surface area contributed by atoms with E-state index in [1.807, 2.05) is 0 Å². The Morgan fingerprint density at radius 1 is 1.50 bits per heavy atom. The summed E-state index contributed by atoms with van der Waals surface area (Å²) in [6.07, 6.45) is 0. The van der Waals surface area contributed by atoms with Crippen molar-refractivity contribution >= 4 is 16.0 Å². The average molecular weight is 190 g/mol. The fraction of sp³-hybridized carbons (Fsp3) is 0.143. The second-order valence-electron chi connectivity index (χ2n) is 2.03. The Morgan fingerprint density at radius 3 is 2.75 bits per heavy atom. The van der Waals surface area contributed by atoms with Gasteiger partial charge in [-0.1, -0.05) is 10.7 Å². The Labute approximate surface area is 71.5 Å². The van der Waals surface area contributed by atoms with E-state index in [0.29, 0.717) is 0 Å². The Bertz CT molecular complexity index is 325. The minimum atomic E-state index is -0.913. The molecule has 2 nitrogen and oxygen atoms in total. The molecule has 0 bridgehead atoms. The minimum absolute atomic E-state index is 0.0301. The normalized spacial score (nSPS) is 13.3. The molecule has 0 amide bonds. The first-order valence-electron chi connectivity index (χ1n) is 3.24. The van der Waals surface area contributed by atoms with Crippen molar-refractivity contribution in [3.8, 4) is 0 Å². The summed E-state index contributed by atoms with van der Waals surface area (Å²) in [5, 5.41) is 7.01. The van der Waals surface area contributed by atoms with E-state index in [2.05, 4.69) is 4.98 Å². The van der Waals surface area contributed by atoms with Gasteiger partial charge in [0.25, 0.3) is 0 Å². The van der Waals surface area contributed by atoms with Crippen molar-refractivity contribution in [3.05, 3.63) is 23.9 Å². The van der Waals surface area contributed by atoms with E-state index in [9.17, 15) is 8.78 Å². The van der Waals surface area contributed by atoms with Crippen molar-refractivity contribution in [1.29, 1.82) is 0 Å². The molecule has 1 heterocycles. The summed E-state index contributed by atoms with van der Waals surface area (Å²) in [6, 6.07) is 1.99. The van der Waals surface area contributed by atoms with E-state index in [-0.39, 0.29) is 5.03 Å². The third-order valence-electron chi connectivity index (χ3n) is 1.26. The molecule has 2 N–H and O–H groups in total. The summed E-state index contributed by atoms with van der Waals surface area (Å²) in [5.74, 6) is -1.28. The highest BCUT2D eigenvalue weighted by Crippen LogP contribution is 2.19. The Hall–Kier alpha value is -0.810. The molecule has 1 atom stereocenters. The summed E-state index contributed by atoms with van der Waals surface area (Å²) >= 11 is 0. The number of nitrogens with zero attached hydrogens (tertiary/aromatic N) is 1. The number of nitrogens with two attached hydrogens (primary N) is 1. The highest BCUT2D eigenvalue weighted by Gasteiger charge is 2.05. The van der Waals surface area contributed by atoms with Crippen molar-refractivity contribution in [2.24, 2.45) is 5.14 Å². The van der Waals surface area contributed by atoms with Crippen LogP contribution in [0.15, 0.2) is 17.2 Å². The topological polar surface area (TPSA) is 38.9 Å². The van der Waals surface area contributed by atoms with Gasteiger partial charge in [0, 0.05) is 0 Å². The van der Waals surface area contributed by atoms with Gasteiger partial charge in [0.2, 0.25) is 5.95 Å². The maximum atomic E-state index is 12.9. The van der Waals surface area contributed by atoms with Gasteiger partial charge in [0.1, 0.15) is 5.03 Å². The Balaban J connectivity index is 3.23. The zero-order valence-electron chi connectivity index (χ0n) is 6.42. The van der Waals surface area contributed by atoms with Gasteiger partial charge in [-0.15, -0.1) is 0 Å². The number of pyridine rings is 1. The van der Waals surface area contributed by atoms with Gasteiger partial charge in [0.15, 0.2) is 5.82 Å². The van der Waals surface area contributed by atoms with E-state index in [1.165, 1.54) is 0 Å². The standard InChI is InChI=1S/C7H8F2N2S/c1-2-12(10)7-5(8)3-4-6(9)11-7/h2-4H,10H2,1H3. The molecule has 0 aliphatic heterocycles. The van der Waals surface area contributed by atoms with Crippen molar-refractivity contribution in [2.75, 3.05) is 0 Å². The fourth-order valence-electron chi connectivity index (χ4n) is 0.678. The Kier molecular flexibility index (Phi) is 2.88. The fourth-order valence-corrected chi connectivity index (χ4v) is 1.39. The van der Waals surface area contributed by atoms with Gasteiger partial charge >= 0.3 is 0 Å². The average Bonchev–Trinajstić information content (AvgIpc) is 2.08. The molecule has 0 saturated carbocycles. The summed E-state index contributed by atoms with van der Waals surface area (Å²) < 4.78 is 25.4. The first kappa shape index (κ1) is 9.28. The smallest absolute Gasteiger partial charge is 0.214 e. The summed E-state index contributed by atoms with van der Waals surface area (Å²) in [7, 11) is -0.913. The second kappa shape index (κ2) is 3.73. The number of rotatable bonds is 1. The lowest BCUT2D eigenvalue weighted by Crippen LogP contribution is -1.97. The predicted octanol–water partition coefficient (Wildman–Crippen LogP) is 1.68. The van der Waals surface area contributed by atoms with Crippen LogP contribution in [0, 0.1) is 11.8 Å². The third kappa shape index (κ3) is 1.86. The summed E-state index contributed by atoms with van der Waals surface area (Å²) in [4.78, 5) is 3.36. The number of hydrogen-bond donors (Lipinski definition) is 1. The number of hydrogen-bond acceptors (Lipinski definition) is 2. The zero-order chi connectivity index (χ0) is 9.14. The zero-order valence-corrected chi connectivity index (χ0v) is 7.24. The van der Waals surface area contributed by atoms with Gasteiger partial charge in [-0.25, -0.2) is 9.37 Å². The Morgan fingerprint density at radius 2 is 2.17 bits per heavy atom. The van der Waals surface area contributed by atoms with Gasteiger partial charge in [-0.3, -0.25) is 5.14 Å². The van der Waals surface area contributed by atoms with Gasteiger partial charge in [-0.05, 0) is 24.4 Å². The number of aromatic nitrogens is 1. The lowest BCUT2D eigenvalue weighted by molar-refractivity contribution is 0.530. The van der Waals surface area contributed by atoms with Gasteiger partial charge in [-0.2, -0.15) is 4.39 Å². The molecular weight excluding hydrogens is 182 g/mol. The first-order chi connectivity index (χ1) is 5.65. The second-order valence-corrected chi connectivity index (χ2v) is 3.63. The van der Waals surface area contributed by atoms with Crippen LogP contribution in [0.3, 0.4) is 0 Å². The number of halogens is 2. The summed E-state index contributed by atoms with van der Waals surface area (Å²) in [5.41, 5.74) is 0. The van der Waals surface area contributed by atoms with Gasteiger partial charge in [0.05, 0.1) is 0 Å². The van der Waals surface area contributed by atoms with Crippen molar-refractivity contribution < 1.29 is 8.78 Å². The molecule has 0 fully saturated rings. The van der Waals surface area contributed by atoms with Crippen LogP contribution in [0.5, 0.6) is 0 Å². The minimum Gasteiger partial charge on any atom is -0.278 e. The van der Waals surface area contributed by atoms with E-state index in [1.54, 1.807) is 12.3 Å². The van der Waals surface area contributed by atoms with Crippen LogP contribution >= 0.6 is 10.7 Å². The maximum Gasteiger partial charge on any atom is 0.214 e. The lowest BCUT2D eigenvalue weighted by Gasteiger charge is -2.01. The molecule has 1 aromatic rings. The molecule has 5 heteroatoms. The molecule has 0 aliphatic rings. The van der Waals surface area contributed by atoms with Crippen LogP contribution in [0.25, 0.3) is 0 Å². The van der Waals surface area contributed by atoms with Crippen molar-refractivity contribution in [3.63, 3.8) is 0 Å². The highest BCUT2D eigenvalue weighted by atomic mass is 32.2. The summed E-state index contributed by atoms with van der Waals surface area (Å²) in [6.45, 7) is 1.68. The predicted molar refractivity (Wildman–Crippen MR) is 45.9 cm³/mol. The molecule has 1 aromatic heterocycles. The van der Waals surface area contributed by atoms with E-state index in [4.69, 9.17) is 5.14 Å². The van der Waals surface area contributed by atoms with Crippen LogP contribution in [-0.2, 0) is 0 Å². The molecule has 66 valence electrons. The van der Waals surface area contributed by atoms with Crippen LogP contribution < -0.4 is 5.14 Å². The monoisotopic (exact) mass is 190 g/mol. The molecular formula is C7H8F2N2S. The molecule has 0 spiro atoms. The van der Waals surface area contributed by atoms with E-state index in [0.717, 1.165) is 12.1 Å². The van der Waals surface area contributed by atoms with Gasteiger partial charge < -0.3 is 0 Å². The maximum absolute atomic E-state index is 12.9. The van der Waals surface area contributed by atoms with Crippen LogP contribution in [0.1, 0.15) is 6.92 Å². The SMILES string of the molecule is C/C=S(\N)c1nc(F)ccc1F. The molecule has 0 saturated heterocycles. The van der Waals surface area contributed by atoms with Crippen molar-refractivity contribution in [1.82, 2.24) is 4.98 Å². The van der Waals surface area contributed by atoms with E-state index < -0.39 is 22.4 Å². The first-order valence-corrected chi connectivity index (χ1v) is 4.59. The molecule has 1 unspecified atom stereocenters. The molecule has 12 heavy (non-hydrogen) atoms. The van der Waals surface area contributed by atoms with E-state index >= 15 is 0 Å². The molecule has 0 radical (unpaired) electrons.